The fraction of sp³-hybridized carbons (Fsp3) is 0.467. The van der Waals surface area contributed by atoms with E-state index in [1.165, 1.54) is 0 Å². The molecule has 0 spiro atoms. The van der Waals surface area contributed by atoms with Gasteiger partial charge >= 0.3 is 0 Å². The number of carbonyl (C=O) groups excluding carboxylic acids is 1. The minimum absolute atomic E-state index is 0.0482. The van der Waals surface area contributed by atoms with Crippen LogP contribution in [0.2, 0.25) is 0 Å². The van der Waals surface area contributed by atoms with E-state index < -0.39 is 0 Å². The zero-order valence-corrected chi connectivity index (χ0v) is 12.2. The lowest BCUT2D eigenvalue weighted by atomic mass is 10.3. The van der Waals surface area contributed by atoms with Crippen molar-refractivity contribution < 1.29 is 9.90 Å². The van der Waals surface area contributed by atoms with Crippen molar-refractivity contribution in [1.82, 2.24) is 14.3 Å². The molecule has 0 unspecified atom stereocenters. The summed E-state index contributed by atoms with van der Waals surface area (Å²) in [5, 5.41) is 9.69. The number of rotatable bonds is 2. The van der Waals surface area contributed by atoms with E-state index >= 15 is 0 Å². The molecule has 3 rings (SSSR count). The van der Waals surface area contributed by atoms with E-state index in [1.807, 2.05) is 33.7 Å². The van der Waals surface area contributed by atoms with Gasteiger partial charge in [0.25, 0.3) is 0 Å². The topological polar surface area (TPSA) is 61.1 Å². The van der Waals surface area contributed by atoms with Crippen molar-refractivity contribution >= 4 is 17.4 Å². The molecular weight excluding hydrogens is 268 g/mol. The van der Waals surface area contributed by atoms with Crippen LogP contribution >= 0.6 is 0 Å². The lowest BCUT2D eigenvalue weighted by Gasteiger charge is -2.22. The van der Waals surface area contributed by atoms with Gasteiger partial charge in [0.05, 0.1) is 12.3 Å². The second-order valence-electron chi connectivity index (χ2n) is 5.32. The third-order valence-corrected chi connectivity index (χ3v) is 4.00. The lowest BCUT2D eigenvalue weighted by Crippen LogP contribution is -2.34. The number of amides is 1. The van der Waals surface area contributed by atoms with Gasteiger partial charge in [-0.2, -0.15) is 0 Å². The van der Waals surface area contributed by atoms with Gasteiger partial charge in [0.2, 0.25) is 5.91 Å². The highest BCUT2D eigenvalue weighted by molar-refractivity contribution is 5.73. The molecule has 3 heterocycles. The summed E-state index contributed by atoms with van der Waals surface area (Å²) in [6.07, 6.45) is 2.83. The fourth-order valence-corrected chi connectivity index (χ4v) is 2.88. The molecule has 1 amide bonds. The van der Waals surface area contributed by atoms with Gasteiger partial charge in [-0.1, -0.05) is 6.07 Å². The number of carbonyl (C=O) groups is 1. The number of hydrogen-bond donors (Lipinski definition) is 1. The van der Waals surface area contributed by atoms with Crippen molar-refractivity contribution in [2.24, 2.45) is 0 Å². The SMILES string of the molecule is CC(=O)N1CCCN(c2nc3ccccn3c2CO)CC1. The second-order valence-corrected chi connectivity index (χ2v) is 5.32. The van der Waals surface area contributed by atoms with Gasteiger partial charge in [0.15, 0.2) is 5.82 Å². The summed E-state index contributed by atoms with van der Waals surface area (Å²) in [6.45, 7) is 4.64. The summed E-state index contributed by atoms with van der Waals surface area (Å²) in [7, 11) is 0. The summed E-state index contributed by atoms with van der Waals surface area (Å²) in [5.41, 5.74) is 1.64. The van der Waals surface area contributed by atoms with Crippen molar-refractivity contribution in [2.75, 3.05) is 31.1 Å². The maximum atomic E-state index is 11.5. The molecule has 0 bridgehead atoms. The fourth-order valence-electron chi connectivity index (χ4n) is 2.88. The summed E-state index contributed by atoms with van der Waals surface area (Å²) < 4.78 is 1.92. The number of nitrogens with zero attached hydrogens (tertiary/aromatic N) is 4. The molecule has 6 nitrogen and oxygen atoms in total. The highest BCUT2D eigenvalue weighted by Crippen LogP contribution is 2.23. The molecule has 0 aliphatic carbocycles. The molecule has 1 aliphatic heterocycles. The number of imidazole rings is 1. The Morgan fingerprint density at radius 3 is 2.90 bits per heavy atom. The first-order chi connectivity index (χ1) is 10.2. The number of anilines is 1. The molecule has 112 valence electrons. The van der Waals surface area contributed by atoms with E-state index in [9.17, 15) is 9.90 Å². The van der Waals surface area contributed by atoms with Gasteiger partial charge in [0, 0.05) is 39.3 Å². The molecule has 0 atom stereocenters. The third kappa shape index (κ3) is 2.58. The van der Waals surface area contributed by atoms with E-state index in [1.54, 1.807) is 6.92 Å². The van der Waals surface area contributed by atoms with E-state index in [4.69, 9.17) is 0 Å². The zero-order valence-electron chi connectivity index (χ0n) is 12.2. The molecule has 1 fully saturated rings. The van der Waals surface area contributed by atoms with Crippen molar-refractivity contribution in [3.63, 3.8) is 0 Å². The maximum Gasteiger partial charge on any atom is 0.219 e. The van der Waals surface area contributed by atoms with Gasteiger partial charge in [0.1, 0.15) is 5.65 Å². The molecule has 2 aromatic heterocycles. The Bertz CT molecular complexity index is 652. The van der Waals surface area contributed by atoms with Crippen LogP contribution in [0, 0.1) is 0 Å². The Morgan fingerprint density at radius 1 is 1.29 bits per heavy atom. The Kier molecular flexibility index (Phi) is 3.79. The number of hydrogen-bond acceptors (Lipinski definition) is 4. The van der Waals surface area contributed by atoms with Crippen molar-refractivity contribution in [3.05, 3.63) is 30.1 Å². The van der Waals surface area contributed by atoms with Crippen LogP contribution in [-0.4, -0.2) is 51.5 Å². The predicted molar refractivity (Wildman–Crippen MR) is 80.2 cm³/mol. The van der Waals surface area contributed by atoms with Crippen LogP contribution in [0.25, 0.3) is 5.65 Å². The van der Waals surface area contributed by atoms with Crippen LogP contribution in [0.3, 0.4) is 0 Å². The monoisotopic (exact) mass is 288 g/mol. The van der Waals surface area contributed by atoms with Crippen LogP contribution in [0.5, 0.6) is 0 Å². The van der Waals surface area contributed by atoms with Gasteiger partial charge < -0.3 is 14.9 Å². The standard InChI is InChI=1S/C15H20N4O2/c1-12(21)17-6-4-7-18(10-9-17)15-13(11-20)19-8-3-2-5-14(19)16-15/h2-3,5,8,20H,4,6-7,9-11H2,1H3. The molecule has 6 heteroatoms. The summed E-state index contributed by atoms with van der Waals surface area (Å²) >= 11 is 0. The van der Waals surface area contributed by atoms with E-state index in [0.29, 0.717) is 6.54 Å². The second kappa shape index (κ2) is 5.73. The Labute approximate surface area is 123 Å². The number of fused-ring (bicyclic) bond motifs is 1. The lowest BCUT2D eigenvalue weighted by molar-refractivity contribution is -0.128. The quantitative estimate of drug-likeness (QED) is 0.891. The van der Waals surface area contributed by atoms with Crippen LogP contribution in [0.1, 0.15) is 19.0 Å². The van der Waals surface area contributed by atoms with Crippen molar-refractivity contribution in [1.29, 1.82) is 0 Å². The minimum atomic E-state index is -0.0482. The molecule has 0 aromatic carbocycles. The number of aliphatic hydroxyl groups is 1. The molecule has 21 heavy (non-hydrogen) atoms. The number of aliphatic hydroxyl groups excluding tert-OH is 1. The minimum Gasteiger partial charge on any atom is -0.390 e. The van der Waals surface area contributed by atoms with Crippen LogP contribution < -0.4 is 4.90 Å². The summed E-state index contributed by atoms with van der Waals surface area (Å²) in [4.78, 5) is 20.2. The average molecular weight is 288 g/mol. The molecule has 1 aliphatic rings. The summed E-state index contributed by atoms with van der Waals surface area (Å²) in [6, 6.07) is 5.80. The number of pyridine rings is 1. The van der Waals surface area contributed by atoms with Gasteiger partial charge in [-0.3, -0.25) is 9.20 Å². The zero-order chi connectivity index (χ0) is 14.8. The maximum absolute atomic E-state index is 11.5. The largest absolute Gasteiger partial charge is 0.390 e. The third-order valence-electron chi connectivity index (χ3n) is 4.00. The first kappa shape index (κ1) is 13.9. The van der Waals surface area contributed by atoms with Crippen LogP contribution in [0.4, 0.5) is 5.82 Å². The van der Waals surface area contributed by atoms with E-state index in [-0.39, 0.29) is 12.5 Å². The van der Waals surface area contributed by atoms with Crippen LogP contribution in [0.15, 0.2) is 24.4 Å². The highest BCUT2D eigenvalue weighted by Gasteiger charge is 2.21. The Balaban J connectivity index is 1.91. The van der Waals surface area contributed by atoms with E-state index in [0.717, 1.165) is 43.2 Å². The van der Waals surface area contributed by atoms with Gasteiger partial charge in [-0.25, -0.2) is 4.98 Å². The molecule has 1 saturated heterocycles. The first-order valence-electron chi connectivity index (χ1n) is 7.28. The first-order valence-corrected chi connectivity index (χ1v) is 7.28. The predicted octanol–water partition coefficient (Wildman–Crippen LogP) is 0.885. The van der Waals surface area contributed by atoms with Crippen LogP contribution in [-0.2, 0) is 11.4 Å². The molecular formula is C15H20N4O2. The summed E-state index contributed by atoms with van der Waals surface area (Å²) in [5.74, 6) is 0.948. The van der Waals surface area contributed by atoms with Crippen molar-refractivity contribution in [3.8, 4) is 0 Å². The van der Waals surface area contributed by atoms with Gasteiger partial charge in [-0.05, 0) is 18.6 Å². The molecule has 1 N–H and O–H groups in total. The average Bonchev–Trinajstić information content (AvgIpc) is 2.68. The molecule has 2 aromatic rings. The normalized spacial score (nSPS) is 16.3. The van der Waals surface area contributed by atoms with Gasteiger partial charge in [-0.15, -0.1) is 0 Å². The smallest absolute Gasteiger partial charge is 0.219 e. The van der Waals surface area contributed by atoms with E-state index in [2.05, 4.69) is 9.88 Å². The Morgan fingerprint density at radius 2 is 2.14 bits per heavy atom. The van der Waals surface area contributed by atoms with Crippen molar-refractivity contribution in [2.45, 2.75) is 20.0 Å². The molecule has 0 radical (unpaired) electrons. The molecule has 0 saturated carbocycles. The highest BCUT2D eigenvalue weighted by atomic mass is 16.3. The Hall–Kier alpha value is -2.08. The number of aromatic nitrogens is 2.